The van der Waals surface area contributed by atoms with Crippen LogP contribution >= 0.6 is 11.3 Å². The van der Waals surface area contributed by atoms with Gasteiger partial charge in [-0.2, -0.15) is 0 Å². The van der Waals surface area contributed by atoms with Crippen LogP contribution in [0.4, 0.5) is 4.39 Å². The number of hydrogen-bond acceptors (Lipinski definition) is 3. The highest BCUT2D eigenvalue weighted by molar-refractivity contribution is 7.10. The number of rotatable bonds is 6. The van der Waals surface area contributed by atoms with Crippen LogP contribution in [-0.4, -0.2) is 41.2 Å². The first-order valence-corrected chi connectivity index (χ1v) is 11.0. The number of benzene rings is 1. The van der Waals surface area contributed by atoms with Gasteiger partial charge in [0.1, 0.15) is 12.4 Å². The van der Waals surface area contributed by atoms with Gasteiger partial charge in [0, 0.05) is 23.9 Å². The minimum Gasteiger partial charge on any atom is -0.330 e. The van der Waals surface area contributed by atoms with Gasteiger partial charge in [-0.15, -0.1) is 17.9 Å². The largest absolute Gasteiger partial charge is 0.330 e. The van der Waals surface area contributed by atoms with Crippen molar-refractivity contribution in [3.05, 3.63) is 70.2 Å². The van der Waals surface area contributed by atoms with Crippen LogP contribution in [0.1, 0.15) is 41.3 Å². The zero-order valence-corrected chi connectivity index (χ0v) is 17.2. The second-order valence-electron chi connectivity index (χ2n) is 7.73. The topological polar surface area (TPSA) is 40.6 Å². The van der Waals surface area contributed by atoms with E-state index in [0.29, 0.717) is 13.1 Å². The van der Waals surface area contributed by atoms with Crippen molar-refractivity contribution in [3.8, 4) is 0 Å². The lowest BCUT2D eigenvalue weighted by Gasteiger charge is -2.38. The molecule has 1 aliphatic carbocycles. The molecule has 1 aromatic carbocycles. The smallest absolute Gasteiger partial charge is 0.243 e. The van der Waals surface area contributed by atoms with E-state index in [1.165, 1.54) is 17.0 Å². The average molecular weight is 413 g/mol. The molecule has 152 valence electrons. The van der Waals surface area contributed by atoms with Crippen LogP contribution in [-0.2, 0) is 16.0 Å². The fraction of sp³-hybridized carbons (Fsp3) is 0.391. The van der Waals surface area contributed by atoms with Crippen molar-refractivity contribution in [3.63, 3.8) is 0 Å². The van der Waals surface area contributed by atoms with Crippen molar-refractivity contribution in [1.82, 2.24) is 9.80 Å². The van der Waals surface area contributed by atoms with Gasteiger partial charge in [0.15, 0.2) is 0 Å². The van der Waals surface area contributed by atoms with E-state index in [4.69, 9.17) is 0 Å². The van der Waals surface area contributed by atoms with Gasteiger partial charge in [-0.3, -0.25) is 9.59 Å². The van der Waals surface area contributed by atoms with Gasteiger partial charge in [0.05, 0.1) is 6.04 Å². The van der Waals surface area contributed by atoms with E-state index in [-0.39, 0.29) is 36.1 Å². The van der Waals surface area contributed by atoms with E-state index >= 15 is 0 Å². The zero-order chi connectivity index (χ0) is 20.4. The summed E-state index contributed by atoms with van der Waals surface area (Å²) in [6.07, 6.45) is 5.36. The molecule has 1 aromatic heterocycles. The van der Waals surface area contributed by atoms with E-state index in [2.05, 4.69) is 12.6 Å². The summed E-state index contributed by atoms with van der Waals surface area (Å²) < 4.78 is 13.5. The second-order valence-corrected chi connectivity index (χ2v) is 8.73. The molecule has 1 aliphatic heterocycles. The number of hydrogen-bond donors (Lipinski definition) is 0. The Hall–Kier alpha value is -2.47. The summed E-state index contributed by atoms with van der Waals surface area (Å²) in [5.74, 6) is -0.279. The minimum absolute atomic E-state index is 0.0421. The van der Waals surface area contributed by atoms with Crippen LogP contribution in [0.25, 0.3) is 0 Å². The molecule has 0 N–H and O–H groups in total. The molecule has 0 saturated heterocycles. The van der Waals surface area contributed by atoms with E-state index in [1.54, 1.807) is 34.4 Å². The quantitative estimate of drug-likeness (QED) is 0.668. The summed E-state index contributed by atoms with van der Waals surface area (Å²) in [7, 11) is 0. The number of amides is 2. The first-order valence-electron chi connectivity index (χ1n) is 10.1. The molecule has 2 aromatic rings. The van der Waals surface area contributed by atoms with Crippen LogP contribution in [0, 0.1) is 11.7 Å². The van der Waals surface area contributed by atoms with Crippen LogP contribution in [0.2, 0.25) is 0 Å². The predicted molar refractivity (Wildman–Crippen MR) is 112 cm³/mol. The monoisotopic (exact) mass is 412 g/mol. The van der Waals surface area contributed by atoms with Crippen molar-refractivity contribution in [1.29, 1.82) is 0 Å². The molecule has 0 bridgehead atoms. The number of carbonyl (C=O) groups excluding carboxylic acids is 2. The molecule has 1 atom stereocenters. The van der Waals surface area contributed by atoms with E-state index < -0.39 is 0 Å². The van der Waals surface area contributed by atoms with Gasteiger partial charge in [0.25, 0.3) is 0 Å². The molecule has 4 nitrogen and oxygen atoms in total. The molecule has 1 fully saturated rings. The van der Waals surface area contributed by atoms with Gasteiger partial charge in [0.2, 0.25) is 11.8 Å². The maximum atomic E-state index is 13.5. The summed E-state index contributed by atoms with van der Waals surface area (Å²) in [6, 6.07) is 8.16. The van der Waals surface area contributed by atoms with Gasteiger partial charge in [-0.25, -0.2) is 4.39 Å². The summed E-state index contributed by atoms with van der Waals surface area (Å²) in [4.78, 5) is 30.8. The molecular formula is C23H25FN2O2S. The fourth-order valence-electron chi connectivity index (χ4n) is 4.15. The van der Waals surface area contributed by atoms with Crippen molar-refractivity contribution in [2.75, 3.05) is 19.6 Å². The Morgan fingerprint density at radius 3 is 2.66 bits per heavy atom. The summed E-state index contributed by atoms with van der Waals surface area (Å²) in [5, 5.41) is 2.04. The molecule has 1 unspecified atom stereocenters. The Morgan fingerprint density at radius 2 is 2.00 bits per heavy atom. The third-order valence-corrected chi connectivity index (χ3v) is 6.91. The first-order chi connectivity index (χ1) is 14.1. The van der Waals surface area contributed by atoms with Crippen molar-refractivity contribution >= 4 is 23.2 Å². The lowest BCUT2D eigenvalue weighted by molar-refractivity contribution is -0.145. The van der Waals surface area contributed by atoms with Gasteiger partial charge >= 0.3 is 0 Å². The molecule has 2 heterocycles. The normalized spacial score (nSPS) is 18.7. The number of fused-ring (bicyclic) bond motifs is 1. The van der Waals surface area contributed by atoms with Crippen molar-refractivity contribution in [2.24, 2.45) is 5.92 Å². The molecule has 2 aliphatic rings. The molecule has 6 heteroatoms. The number of halogens is 1. The Bertz CT molecular complexity index is 904. The average Bonchev–Trinajstić information content (AvgIpc) is 3.15. The number of carbonyl (C=O) groups is 2. The Balaban J connectivity index is 1.59. The maximum Gasteiger partial charge on any atom is 0.243 e. The third kappa shape index (κ3) is 3.99. The Morgan fingerprint density at radius 1 is 1.24 bits per heavy atom. The maximum absolute atomic E-state index is 13.5. The van der Waals surface area contributed by atoms with Crippen molar-refractivity contribution in [2.45, 2.75) is 31.7 Å². The highest BCUT2D eigenvalue weighted by Crippen LogP contribution is 2.38. The van der Waals surface area contributed by atoms with Crippen LogP contribution in [0.3, 0.4) is 0 Å². The summed E-state index contributed by atoms with van der Waals surface area (Å²) >= 11 is 1.69. The minimum atomic E-state index is -0.295. The molecular weight excluding hydrogens is 387 g/mol. The molecule has 0 spiro atoms. The number of thiophene rings is 1. The zero-order valence-electron chi connectivity index (χ0n) is 16.4. The molecule has 2 amide bonds. The lowest BCUT2D eigenvalue weighted by Crippen LogP contribution is -2.48. The summed E-state index contributed by atoms with van der Waals surface area (Å²) in [6.45, 7) is 4.77. The standard InChI is InChI=1S/C23H25FN2O2S/c1-2-12-25(23(28)17-4-3-5-17)15-21(27)26-13-10-20-19(11-14-29-20)22(26)16-6-8-18(24)9-7-16/h2,6-9,11,14,17,22H,1,3-5,10,12-13,15H2. The Labute approximate surface area is 174 Å². The SMILES string of the molecule is C=CCN(CC(=O)N1CCc2sccc2C1c1ccc(F)cc1)C(=O)C1CCC1. The first kappa shape index (κ1) is 19.8. The van der Waals surface area contributed by atoms with Crippen molar-refractivity contribution < 1.29 is 14.0 Å². The Kier molecular flexibility index (Phi) is 5.81. The van der Waals surface area contributed by atoms with E-state index in [0.717, 1.165) is 36.8 Å². The fourth-order valence-corrected chi connectivity index (χ4v) is 5.05. The van der Waals surface area contributed by atoms with Gasteiger partial charge in [-0.05, 0) is 54.0 Å². The molecule has 29 heavy (non-hydrogen) atoms. The van der Waals surface area contributed by atoms with Crippen LogP contribution in [0.15, 0.2) is 48.4 Å². The lowest BCUT2D eigenvalue weighted by atomic mass is 9.84. The van der Waals surface area contributed by atoms with E-state index in [1.807, 2.05) is 10.3 Å². The molecule has 1 saturated carbocycles. The molecule has 0 radical (unpaired) electrons. The second kappa shape index (κ2) is 8.49. The highest BCUT2D eigenvalue weighted by atomic mass is 32.1. The third-order valence-electron chi connectivity index (χ3n) is 5.91. The van der Waals surface area contributed by atoms with Gasteiger partial charge < -0.3 is 9.80 Å². The predicted octanol–water partition coefficient (Wildman–Crippen LogP) is 4.18. The van der Waals surface area contributed by atoms with Gasteiger partial charge in [-0.1, -0.05) is 24.6 Å². The van der Waals surface area contributed by atoms with Crippen LogP contribution in [0.5, 0.6) is 0 Å². The summed E-state index contributed by atoms with van der Waals surface area (Å²) in [5.41, 5.74) is 1.99. The van der Waals surface area contributed by atoms with Crippen LogP contribution < -0.4 is 0 Å². The number of nitrogens with zero attached hydrogens (tertiary/aromatic N) is 2. The highest BCUT2D eigenvalue weighted by Gasteiger charge is 2.35. The molecule has 4 rings (SSSR count). The van der Waals surface area contributed by atoms with E-state index in [9.17, 15) is 14.0 Å².